The fourth-order valence-corrected chi connectivity index (χ4v) is 2.05. The highest BCUT2D eigenvalue weighted by Gasteiger charge is 2.04. The number of nitrogens with zero attached hydrogens (tertiary/aromatic N) is 2. The van der Waals surface area contributed by atoms with Gasteiger partial charge in [-0.25, -0.2) is 9.37 Å². The van der Waals surface area contributed by atoms with E-state index in [0.29, 0.717) is 17.3 Å². The minimum Gasteiger partial charge on any atom is -0.377 e. The van der Waals surface area contributed by atoms with E-state index in [0.717, 1.165) is 11.3 Å². The molecule has 3 rings (SSSR count). The van der Waals surface area contributed by atoms with Crippen LogP contribution in [0, 0.1) is 5.82 Å². The zero-order valence-electron chi connectivity index (χ0n) is 9.98. The summed E-state index contributed by atoms with van der Waals surface area (Å²) in [6.45, 7) is 0.459. The van der Waals surface area contributed by atoms with Crippen LogP contribution in [-0.2, 0) is 6.54 Å². The minimum atomic E-state index is -0.365. The van der Waals surface area contributed by atoms with Crippen molar-refractivity contribution in [3.8, 4) is 0 Å². The van der Waals surface area contributed by atoms with E-state index in [2.05, 4.69) is 10.3 Å². The Bertz CT molecular complexity index is 691. The van der Waals surface area contributed by atoms with Crippen LogP contribution >= 0.6 is 11.6 Å². The fourth-order valence-electron chi connectivity index (χ4n) is 1.89. The van der Waals surface area contributed by atoms with Crippen LogP contribution in [-0.4, -0.2) is 9.38 Å². The first kappa shape index (κ1) is 12.0. The maximum atomic E-state index is 13.6. The van der Waals surface area contributed by atoms with Crippen molar-refractivity contribution in [2.45, 2.75) is 6.54 Å². The van der Waals surface area contributed by atoms with Crippen LogP contribution in [0.25, 0.3) is 5.65 Å². The van der Waals surface area contributed by atoms with Gasteiger partial charge in [0.25, 0.3) is 0 Å². The molecule has 0 spiro atoms. The standard InChI is InChI=1S/C14H11ClFN3/c15-10-4-5-13(12(16)7-10)17-8-11-9-19-6-2-1-3-14(19)18-11/h1-7,9,17H,8H2. The minimum absolute atomic E-state index is 0.365. The molecule has 5 heteroatoms. The molecule has 0 saturated carbocycles. The Balaban J connectivity index is 1.78. The molecule has 0 bridgehead atoms. The van der Waals surface area contributed by atoms with Crippen molar-refractivity contribution in [1.29, 1.82) is 0 Å². The molecule has 0 radical (unpaired) electrons. The van der Waals surface area contributed by atoms with Gasteiger partial charge in [-0.3, -0.25) is 0 Å². The zero-order chi connectivity index (χ0) is 13.2. The monoisotopic (exact) mass is 275 g/mol. The fraction of sp³-hybridized carbons (Fsp3) is 0.0714. The first-order chi connectivity index (χ1) is 9.22. The molecular weight excluding hydrogens is 265 g/mol. The van der Waals surface area contributed by atoms with Crippen LogP contribution < -0.4 is 5.32 Å². The van der Waals surface area contributed by atoms with Gasteiger partial charge in [-0.05, 0) is 30.3 Å². The Hall–Kier alpha value is -2.07. The van der Waals surface area contributed by atoms with Crippen LogP contribution in [0.1, 0.15) is 5.69 Å². The molecular formula is C14H11ClFN3. The summed E-state index contributed by atoms with van der Waals surface area (Å²) in [7, 11) is 0. The number of nitrogens with one attached hydrogen (secondary N) is 1. The van der Waals surface area contributed by atoms with Crippen molar-refractivity contribution in [3.05, 3.63) is 65.3 Å². The van der Waals surface area contributed by atoms with Gasteiger partial charge in [-0.15, -0.1) is 0 Å². The number of aromatic nitrogens is 2. The van der Waals surface area contributed by atoms with E-state index in [1.807, 2.05) is 35.0 Å². The van der Waals surface area contributed by atoms with Crippen molar-refractivity contribution in [1.82, 2.24) is 9.38 Å². The van der Waals surface area contributed by atoms with Crippen molar-refractivity contribution < 1.29 is 4.39 Å². The maximum absolute atomic E-state index is 13.6. The smallest absolute Gasteiger partial charge is 0.147 e. The summed E-state index contributed by atoms with van der Waals surface area (Å²) in [4.78, 5) is 4.43. The van der Waals surface area contributed by atoms with Crippen LogP contribution in [0.4, 0.5) is 10.1 Å². The number of hydrogen-bond acceptors (Lipinski definition) is 2. The summed E-state index contributed by atoms with van der Waals surface area (Å²) in [6, 6.07) is 10.3. The van der Waals surface area contributed by atoms with Gasteiger partial charge in [0, 0.05) is 17.4 Å². The van der Waals surface area contributed by atoms with Crippen molar-refractivity contribution in [2.24, 2.45) is 0 Å². The van der Waals surface area contributed by atoms with E-state index in [9.17, 15) is 4.39 Å². The SMILES string of the molecule is Fc1cc(Cl)ccc1NCc1cn2ccccc2n1. The van der Waals surface area contributed by atoms with Gasteiger partial charge in [0.1, 0.15) is 11.5 Å². The number of halogens is 2. The largest absolute Gasteiger partial charge is 0.377 e. The third-order valence-electron chi connectivity index (χ3n) is 2.80. The second-order valence-corrected chi connectivity index (χ2v) is 4.61. The third kappa shape index (κ3) is 2.53. The third-order valence-corrected chi connectivity index (χ3v) is 3.04. The van der Waals surface area contributed by atoms with Crippen LogP contribution in [0.15, 0.2) is 48.8 Å². The summed E-state index contributed by atoms with van der Waals surface area (Å²) >= 11 is 5.70. The Morgan fingerprint density at radius 3 is 2.95 bits per heavy atom. The lowest BCUT2D eigenvalue weighted by molar-refractivity contribution is 0.630. The summed E-state index contributed by atoms with van der Waals surface area (Å²) < 4.78 is 15.5. The lowest BCUT2D eigenvalue weighted by Crippen LogP contribution is -2.01. The molecule has 0 unspecified atom stereocenters. The van der Waals surface area contributed by atoms with Gasteiger partial charge < -0.3 is 9.72 Å². The lowest BCUT2D eigenvalue weighted by Gasteiger charge is -2.05. The summed E-state index contributed by atoms with van der Waals surface area (Å²) in [5, 5.41) is 3.39. The maximum Gasteiger partial charge on any atom is 0.147 e. The van der Waals surface area contributed by atoms with E-state index in [4.69, 9.17) is 11.6 Å². The van der Waals surface area contributed by atoms with Gasteiger partial charge in [-0.2, -0.15) is 0 Å². The van der Waals surface area contributed by atoms with E-state index >= 15 is 0 Å². The van der Waals surface area contributed by atoms with Crippen molar-refractivity contribution in [3.63, 3.8) is 0 Å². The van der Waals surface area contributed by atoms with E-state index in [1.54, 1.807) is 12.1 Å². The van der Waals surface area contributed by atoms with E-state index < -0.39 is 0 Å². The van der Waals surface area contributed by atoms with Gasteiger partial charge in [-0.1, -0.05) is 17.7 Å². The summed E-state index contributed by atoms with van der Waals surface area (Å²) in [5.74, 6) is -0.365. The molecule has 0 saturated heterocycles. The Labute approximate surface area is 114 Å². The number of benzene rings is 1. The first-order valence-electron chi connectivity index (χ1n) is 5.84. The number of pyridine rings is 1. The van der Waals surface area contributed by atoms with Gasteiger partial charge in [0.15, 0.2) is 0 Å². The molecule has 0 fully saturated rings. The Kier molecular flexibility index (Phi) is 3.09. The molecule has 0 atom stereocenters. The quantitative estimate of drug-likeness (QED) is 0.789. The molecule has 1 aromatic carbocycles. The zero-order valence-corrected chi connectivity index (χ0v) is 10.7. The van der Waals surface area contributed by atoms with Crippen molar-refractivity contribution >= 4 is 22.9 Å². The van der Waals surface area contributed by atoms with Crippen LogP contribution in [0.5, 0.6) is 0 Å². The Morgan fingerprint density at radius 1 is 1.26 bits per heavy atom. The predicted molar refractivity (Wildman–Crippen MR) is 73.9 cm³/mol. The normalized spacial score (nSPS) is 10.8. The summed E-state index contributed by atoms with van der Waals surface area (Å²) in [5.41, 5.74) is 2.14. The molecule has 19 heavy (non-hydrogen) atoms. The van der Waals surface area contributed by atoms with E-state index in [1.165, 1.54) is 6.07 Å². The molecule has 3 nitrogen and oxygen atoms in total. The first-order valence-corrected chi connectivity index (χ1v) is 6.22. The number of rotatable bonds is 3. The number of anilines is 1. The van der Waals surface area contributed by atoms with Gasteiger partial charge in [0.05, 0.1) is 17.9 Å². The molecule has 2 heterocycles. The van der Waals surface area contributed by atoms with Crippen LogP contribution in [0.2, 0.25) is 5.02 Å². The van der Waals surface area contributed by atoms with Crippen LogP contribution in [0.3, 0.4) is 0 Å². The molecule has 1 N–H and O–H groups in total. The molecule has 3 aromatic rings. The molecule has 0 aliphatic rings. The van der Waals surface area contributed by atoms with Crippen molar-refractivity contribution in [2.75, 3.05) is 5.32 Å². The number of imidazole rings is 1. The highest BCUT2D eigenvalue weighted by molar-refractivity contribution is 6.30. The predicted octanol–water partition coefficient (Wildman–Crippen LogP) is 3.74. The van der Waals surface area contributed by atoms with E-state index in [-0.39, 0.29) is 5.82 Å². The summed E-state index contributed by atoms with van der Waals surface area (Å²) in [6.07, 6.45) is 3.84. The molecule has 0 aliphatic heterocycles. The second-order valence-electron chi connectivity index (χ2n) is 4.18. The van der Waals surface area contributed by atoms with Gasteiger partial charge in [0.2, 0.25) is 0 Å². The van der Waals surface area contributed by atoms with Gasteiger partial charge >= 0.3 is 0 Å². The lowest BCUT2D eigenvalue weighted by atomic mass is 10.3. The molecule has 2 aromatic heterocycles. The average molecular weight is 276 g/mol. The molecule has 0 amide bonds. The number of fused-ring (bicyclic) bond motifs is 1. The highest BCUT2D eigenvalue weighted by atomic mass is 35.5. The highest BCUT2D eigenvalue weighted by Crippen LogP contribution is 2.19. The topological polar surface area (TPSA) is 29.3 Å². The molecule has 0 aliphatic carbocycles. The Morgan fingerprint density at radius 2 is 2.16 bits per heavy atom. The second kappa shape index (κ2) is 4.90. The number of hydrogen-bond donors (Lipinski definition) is 1. The average Bonchev–Trinajstić information content (AvgIpc) is 2.80. The molecule has 96 valence electrons.